The molecule has 0 aliphatic heterocycles. The smallest absolute Gasteiger partial charge is 0.306 e. The van der Waals surface area contributed by atoms with Crippen LogP contribution in [0.1, 0.15) is 43.5 Å². The minimum Gasteiger partial charge on any atom is -0.481 e. The summed E-state index contributed by atoms with van der Waals surface area (Å²) < 4.78 is 0.695. The van der Waals surface area contributed by atoms with Gasteiger partial charge in [0.1, 0.15) is 0 Å². The molecule has 4 N–H and O–H groups in total. The molecule has 5 nitrogen and oxygen atoms in total. The van der Waals surface area contributed by atoms with Crippen molar-refractivity contribution in [3.63, 3.8) is 0 Å². The second-order valence-corrected chi connectivity index (χ2v) is 6.14. The zero-order valence-electron chi connectivity index (χ0n) is 12.2. The average Bonchev–Trinajstić information content (AvgIpc) is 2.41. The van der Waals surface area contributed by atoms with Gasteiger partial charge in [0.2, 0.25) is 0 Å². The zero-order valence-corrected chi connectivity index (χ0v) is 13.8. The van der Waals surface area contributed by atoms with Gasteiger partial charge in [-0.25, -0.2) is 0 Å². The molecule has 0 spiro atoms. The van der Waals surface area contributed by atoms with Crippen molar-refractivity contribution in [1.82, 2.24) is 5.32 Å². The number of rotatable bonds is 7. The van der Waals surface area contributed by atoms with Gasteiger partial charge in [0.25, 0.3) is 5.91 Å². The first-order valence-electron chi connectivity index (χ1n) is 6.90. The highest BCUT2D eigenvalue weighted by Gasteiger charge is 2.15. The van der Waals surface area contributed by atoms with Gasteiger partial charge in [-0.15, -0.1) is 0 Å². The van der Waals surface area contributed by atoms with E-state index in [4.69, 9.17) is 10.8 Å². The van der Waals surface area contributed by atoms with Crippen molar-refractivity contribution in [2.45, 2.75) is 39.2 Å². The molecule has 0 bridgehead atoms. The molecular weight excluding hydrogens is 336 g/mol. The monoisotopic (exact) mass is 356 g/mol. The molecule has 6 heteroatoms. The number of carboxylic acids is 1. The van der Waals surface area contributed by atoms with Crippen molar-refractivity contribution in [3.05, 3.63) is 28.2 Å². The maximum atomic E-state index is 12.1. The summed E-state index contributed by atoms with van der Waals surface area (Å²) in [6.45, 7) is 3.60. The number of carbonyl (C=O) groups is 2. The number of anilines is 1. The molecule has 0 aliphatic carbocycles. The van der Waals surface area contributed by atoms with Crippen molar-refractivity contribution in [2.75, 3.05) is 5.73 Å². The first kappa shape index (κ1) is 17.5. The van der Waals surface area contributed by atoms with Crippen molar-refractivity contribution in [2.24, 2.45) is 5.92 Å². The van der Waals surface area contributed by atoms with E-state index in [0.717, 1.165) is 12.8 Å². The summed E-state index contributed by atoms with van der Waals surface area (Å²) in [5.41, 5.74) is 6.72. The van der Waals surface area contributed by atoms with E-state index in [2.05, 4.69) is 21.2 Å². The second kappa shape index (κ2) is 8.02. The Morgan fingerprint density at radius 3 is 2.62 bits per heavy atom. The normalized spacial score (nSPS) is 13.5. The highest BCUT2D eigenvalue weighted by atomic mass is 79.9. The Morgan fingerprint density at radius 2 is 2.00 bits per heavy atom. The summed E-state index contributed by atoms with van der Waals surface area (Å²) in [5, 5.41) is 11.7. The van der Waals surface area contributed by atoms with Crippen molar-refractivity contribution < 1.29 is 14.7 Å². The minimum atomic E-state index is -0.782. The fraction of sp³-hybridized carbons (Fsp3) is 0.467. The van der Waals surface area contributed by atoms with E-state index in [1.807, 2.05) is 6.92 Å². The molecule has 0 radical (unpaired) electrons. The van der Waals surface area contributed by atoms with E-state index < -0.39 is 5.97 Å². The van der Waals surface area contributed by atoms with Crippen LogP contribution in [0.4, 0.5) is 5.69 Å². The molecule has 1 aromatic rings. The summed E-state index contributed by atoms with van der Waals surface area (Å²) >= 11 is 3.33. The van der Waals surface area contributed by atoms with Gasteiger partial charge in [-0.3, -0.25) is 9.59 Å². The van der Waals surface area contributed by atoms with E-state index in [9.17, 15) is 9.59 Å². The van der Waals surface area contributed by atoms with Crippen LogP contribution in [0.2, 0.25) is 0 Å². The average molecular weight is 357 g/mol. The van der Waals surface area contributed by atoms with Crippen LogP contribution in [-0.4, -0.2) is 23.0 Å². The van der Waals surface area contributed by atoms with Crippen LogP contribution >= 0.6 is 15.9 Å². The standard InChI is InChI=1S/C15H21BrN2O3/c1-9(15(20)21)4-3-5-10(2)18-14(19)12-8-11(17)6-7-13(12)16/h6-10H,3-5,17H2,1-2H3,(H,18,19)(H,20,21). The molecule has 21 heavy (non-hydrogen) atoms. The fourth-order valence-electron chi connectivity index (χ4n) is 1.94. The highest BCUT2D eigenvalue weighted by Crippen LogP contribution is 2.20. The van der Waals surface area contributed by atoms with Crippen LogP contribution in [0.25, 0.3) is 0 Å². The van der Waals surface area contributed by atoms with Crippen LogP contribution in [0.3, 0.4) is 0 Å². The number of aliphatic carboxylic acids is 1. The first-order valence-corrected chi connectivity index (χ1v) is 7.69. The number of halogens is 1. The fourth-order valence-corrected chi connectivity index (χ4v) is 2.37. The number of carboxylic acid groups (broad SMARTS) is 1. The number of hydrogen-bond donors (Lipinski definition) is 3. The van der Waals surface area contributed by atoms with Crippen molar-refractivity contribution in [3.8, 4) is 0 Å². The number of nitrogens with two attached hydrogens (primary N) is 1. The van der Waals surface area contributed by atoms with Gasteiger partial charge in [-0.1, -0.05) is 13.3 Å². The van der Waals surface area contributed by atoms with Crippen LogP contribution < -0.4 is 11.1 Å². The SMILES string of the molecule is CC(CCCC(C)C(=O)O)NC(=O)c1cc(N)ccc1Br. The predicted octanol–water partition coefficient (Wildman–Crippen LogP) is 3.04. The second-order valence-electron chi connectivity index (χ2n) is 5.28. The molecule has 0 heterocycles. The summed E-state index contributed by atoms with van der Waals surface area (Å²) in [7, 11) is 0. The molecule has 0 aliphatic rings. The Kier molecular flexibility index (Phi) is 6.68. The van der Waals surface area contributed by atoms with Gasteiger partial charge < -0.3 is 16.2 Å². The van der Waals surface area contributed by atoms with E-state index in [-0.39, 0.29) is 17.9 Å². The summed E-state index contributed by atoms with van der Waals surface area (Å²) in [5.74, 6) is -1.32. The Bertz CT molecular complexity index is 520. The lowest BCUT2D eigenvalue weighted by atomic mass is 10.0. The molecule has 0 fully saturated rings. The number of hydrogen-bond acceptors (Lipinski definition) is 3. The number of nitrogen functional groups attached to an aromatic ring is 1. The van der Waals surface area contributed by atoms with Crippen molar-refractivity contribution >= 4 is 33.5 Å². The molecule has 2 unspecified atom stereocenters. The van der Waals surface area contributed by atoms with E-state index in [0.29, 0.717) is 22.1 Å². The third-order valence-electron chi connectivity index (χ3n) is 3.31. The Morgan fingerprint density at radius 1 is 1.33 bits per heavy atom. The maximum absolute atomic E-state index is 12.1. The summed E-state index contributed by atoms with van der Waals surface area (Å²) in [6, 6.07) is 5.06. The van der Waals surface area contributed by atoms with Crippen LogP contribution in [0, 0.1) is 5.92 Å². The molecule has 0 saturated carbocycles. The third kappa shape index (κ3) is 5.75. The number of carbonyl (C=O) groups excluding carboxylic acids is 1. The number of amides is 1. The van der Waals surface area contributed by atoms with Gasteiger partial charge in [-0.05, 0) is 53.9 Å². The van der Waals surface area contributed by atoms with Gasteiger partial charge >= 0.3 is 5.97 Å². The molecule has 1 rings (SSSR count). The molecule has 1 amide bonds. The first-order chi connectivity index (χ1) is 9.81. The third-order valence-corrected chi connectivity index (χ3v) is 4.00. The number of benzene rings is 1. The lowest BCUT2D eigenvalue weighted by molar-refractivity contribution is -0.141. The van der Waals surface area contributed by atoms with Crippen LogP contribution in [0.15, 0.2) is 22.7 Å². The highest BCUT2D eigenvalue weighted by molar-refractivity contribution is 9.10. The Balaban J connectivity index is 2.47. The van der Waals surface area contributed by atoms with Crippen molar-refractivity contribution in [1.29, 1.82) is 0 Å². The zero-order chi connectivity index (χ0) is 16.0. The molecule has 2 atom stereocenters. The molecule has 1 aromatic carbocycles. The maximum Gasteiger partial charge on any atom is 0.306 e. The van der Waals surface area contributed by atoms with E-state index >= 15 is 0 Å². The van der Waals surface area contributed by atoms with Gasteiger partial charge in [0.05, 0.1) is 11.5 Å². The lowest BCUT2D eigenvalue weighted by Gasteiger charge is -2.15. The summed E-state index contributed by atoms with van der Waals surface area (Å²) in [4.78, 5) is 22.9. The molecule has 0 aromatic heterocycles. The Labute approximate surface area is 133 Å². The largest absolute Gasteiger partial charge is 0.481 e. The van der Waals surface area contributed by atoms with Gasteiger partial charge in [0, 0.05) is 16.2 Å². The summed E-state index contributed by atoms with van der Waals surface area (Å²) in [6.07, 6.45) is 2.10. The van der Waals surface area contributed by atoms with E-state index in [1.54, 1.807) is 25.1 Å². The van der Waals surface area contributed by atoms with Gasteiger partial charge in [0.15, 0.2) is 0 Å². The van der Waals surface area contributed by atoms with E-state index in [1.165, 1.54) is 0 Å². The topological polar surface area (TPSA) is 92.4 Å². The quantitative estimate of drug-likeness (QED) is 0.654. The van der Waals surface area contributed by atoms with Crippen LogP contribution in [-0.2, 0) is 4.79 Å². The van der Waals surface area contributed by atoms with Crippen LogP contribution in [0.5, 0.6) is 0 Å². The lowest BCUT2D eigenvalue weighted by Crippen LogP contribution is -2.32. The molecule has 0 saturated heterocycles. The minimum absolute atomic E-state index is 0.0215. The molecule has 116 valence electrons. The molecular formula is C15H21BrN2O3. The predicted molar refractivity (Wildman–Crippen MR) is 86.1 cm³/mol. The number of nitrogens with one attached hydrogen (secondary N) is 1. The Hall–Kier alpha value is -1.56. The van der Waals surface area contributed by atoms with Gasteiger partial charge in [-0.2, -0.15) is 0 Å².